The Hall–Kier alpha value is -1.59. The minimum Gasteiger partial charge on any atom is -0.378 e. The molecule has 5 nitrogen and oxygen atoms in total. The SMILES string of the molecule is CC1OCCC1CNC(=O)Nc1cccc(CN)c1. The predicted octanol–water partition coefficient (Wildman–Crippen LogP) is 1.69. The fourth-order valence-electron chi connectivity index (χ4n) is 2.22. The van der Waals surface area contributed by atoms with Crippen LogP contribution in [0.4, 0.5) is 10.5 Å². The van der Waals surface area contributed by atoms with Crippen LogP contribution in [0.15, 0.2) is 24.3 Å². The third-order valence-electron chi connectivity index (χ3n) is 3.48. The molecule has 1 aromatic carbocycles. The zero-order chi connectivity index (χ0) is 13.7. The van der Waals surface area contributed by atoms with Crippen LogP contribution in [0.25, 0.3) is 0 Å². The van der Waals surface area contributed by atoms with Crippen LogP contribution < -0.4 is 16.4 Å². The lowest BCUT2D eigenvalue weighted by Crippen LogP contribution is -2.35. The fourth-order valence-corrected chi connectivity index (χ4v) is 2.22. The molecule has 1 heterocycles. The van der Waals surface area contributed by atoms with Gasteiger partial charge in [-0.1, -0.05) is 12.1 Å². The number of rotatable bonds is 4. The number of anilines is 1. The highest BCUT2D eigenvalue weighted by molar-refractivity contribution is 5.89. The number of nitrogens with two attached hydrogens (primary N) is 1. The summed E-state index contributed by atoms with van der Waals surface area (Å²) in [5, 5.41) is 5.69. The van der Waals surface area contributed by atoms with E-state index >= 15 is 0 Å². The molecule has 4 N–H and O–H groups in total. The molecule has 0 bridgehead atoms. The van der Waals surface area contributed by atoms with Crippen LogP contribution >= 0.6 is 0 Å². The lowest BCUT2D eigenvalue weighted by molar-refractivity contribution is 0.106. The van der Waals surface area contributed by atoms with Crippen molar-refractivity contribution in [2.75, 3.05) is 18.5 Å². The minimum absolute atomic E-state index is 0.187. The van der Waals surface area contributed by atoms with Crippen molar-refractivity contribution in [1.29, 1.82) is 0 Å². The van der Waals surface area contributed by atoms with Crippen LogP contribution in [0, 0.1) is 5.92 Å². The Morgan fingerprint density at radius 3 is 3.05 bits per heavy atom. The van der Waals surface area contributed by atoms with Gasteiger partial charge in [0.1, 0.15) is 0 Å². The summed E-state index contributed by atoms with van der Waals surface area (Å²) in [6.45, 7) is 3.94. The van der Waals surface area contributed by atoms with Crippen LogP contribution in [0.1, 0.15) is 18.9 Å². The number of hydrogen-bond donors (Lipinski definition) is 3. The molecular weight excluding hydrogens is 242 g/mol. The van der Waals surface area contributed by atoms with E-state index in [9.17, 15) is 4.79 Å². The minimum atomic E-state index is -0.187. The second-order valence-electron chi connectivity index (χ2n) is 4.86. The average Bonchev–Trinajstić information content (AvgIpc) is 2.82. The topological polar surface area (TPSA) is 76.4 Å². The number of carbonyl (C=O) groups excluding carboxylic acids is 1. The molecule has 2 amide bonds. The fraction of sp³-hybridized carbons (Fsp3) is 0.500. The van der Waals surface area contributed by atoms with Gasteiger partial charge in [-0.3, -0.25) is 0 Å². The molecule has 0 spiro atoms. The lowest BCUT2D eigenvalue weighted by Gasteiger charge is -2.15. The van der Waals surface area contributed by atoms with E-state index in [1.54, 1.807) is 0 Å². The smallest absolute Gasteiger partial charge is 0.319 e. The number of nitrogens with one attached hydrogen (secondary N) is 2. The maximum Gasteiger partial charge on any atom is 0.319 e. The first-order valence-corrected chi connectivity index (χ1v) is 6.64. The van der Waals surface area contributed by atoms with Gasteiger partial charge in [0, 0.05) is 31.3 Å². The summed E-state index contributed by atoms with van der Waals surface area (Å²) in [7, 11) is 0. The second-order valence-corrected chi connectivity index (χ2v) is 4.86. The summed E-state index contributed by atoms with van der Waals surface area (Å²) < 4.78 is 5.46. The number of benzene rings is 1. The maximum absolute atomic E-state index is 11.8. The van der Waals surface area contributed by atoms with Crippen molar-refractivity contribution in [3.05, 3.63) is 29.8 Å². The third-order valence-corrected chi connectivity index (χ3v) is 3.48. The molecule has 2 atom stereocenters. The Morgan fingerprint density at radius 1 is 1.53 bits per heavy atom. The Balaban J connectivity index is 1.80. The van der Waals surface area contributed by atoms with E-state index in [1.807, 2.05) is 31.2 Å². The van der Waals surface area contributed by atoms with Gasteiger partial charge < -0.3 is 21.1 Å². The van der Waals surface area contributed by atoms with Gasteiger partial charge in [-0.15, -0.1) is 0 Å². The van der Waals surface area contributed by atoms with Crippen molar-refractivity contribution in [2.24, 2.45) is 11.7 Å². The molecule has 1 fully saturated rings. The normalized spacial score (nSPS) is 22.2. The van der Waals surface area contributed by atoms with Gasteiger partial charge in [-0.05, 0) is 31.0 Å². The van der Waals surface area contributed by atoms with Crippen molar-refractivity contribution >= 4 is 11.7 Å². The summed E-state index contributed by atoms with van der Waals surface area (Å²) in [6.07, 6.45) is 1.23. The molecule has 1 aliphatic heterocycles. The number of hydrogen-bond acceptors (Lipinski definition) is 3. The van der Waals surface area contributed by atoms with Crippen LogP contribution in [-0.2, 0) is 11.3 Å². The van der Waals surface area contributed by atoms with Crippen LogP contribution in [0.5, 0.6) is 0 Å². The highest BCUT2D eigenvalue weighted by Gasteiger charge is 2.24. The van der Waals surface area contributed by atoms with Gasteiger partial charge in [0.25, 0.3) is 0 Å². The zero-order valence-electron chi connectivity index (χ0n) is 11.2. The molecule has 1 aromatic rings. The zero-order valence-corrected chi connectivity index (χ0v) is 11.2. The highest BCUT2D eigenvalue weighted by Crippen LogP contribution is 2.19. The summed E-state index contributed by atoms with van der Waals surface area (Å²) in [4.78, 5) is 11.8. The molecule has 0 aromatic heterocycles. The number of urea groups is 1. The van der Waals surface area contributed by atoms with Gasteiger partial charge >= 0.3 is 6.03 Å². The number of carbonyl (C=O) groups is 1. The van der Waals surface area contributed by atoms with Crippen molar-refractivity contribution in [1.82, 2.24) is 5.32 Å². The van der Waals surface area contributed by atoms with Gasteiger partial charge in [0.15, 0.2) is 0 Å². The quantitative estimate of drug-likeness (QED) is 0.773. The van der Waals surface area contributed by atoms with E-state index < -0.39 is 0 Å². The Morgan fingerprint density at radius 2 is 2.37 bits per heavy atom. The molecule has 2 unspecified atom stereocenters. The van der Waals surface area contributed by atoms with E-state index in [0.717, 1.165) is 24.3 Å². The van der Waals surface area contributed by atoms with Crippen molar-refractivity contribution in [2.45, 2.75) is 26.0 Å². The van der Waals surface area contributed by atoms with Gasteiger partial charge in [0.05, 0.1) is 6.10 Å². The first-order chi connectivity index (χ1) is 9.19. The lowest BCUT2D eigenvalue weighted by atomic mass is 10.0. The summed E-state index contributed by atoms with van der Waals surface area (Å²) >= 11 is 0. The molecule has 2 rings (SSSR count). The van der Waals surface area contributed by atoms with Crippen LogP contribution in [0.3, 0.4) is 0 Å². The molecule has 0 aliphatic carbocycles. The van der Waals surface area contributed by atoms with Crippen LogP contribution in [0.2, 0.25) is 0 Å². The van der Waals surface area contributed by atoms with E-state index in [2.05, 4.69) is 10.6 Å². The molecule has 1 saturated heterocycles. The van der Waals surface area contributed by atoms with Crippen molar-refractivity contribution in [3.63, 3.8) is 0 Å². The van der Waals surface area contributed by atoms with Gasteiger partial charge in [-0.25, -0.2) is 4.79 Å². The Bertz CT molecular complexity index is 436. The molecule has 0 saturated carbocycles. The molecular formula is C14H21N3O2. The first-order valence-electron chi connectivity index (χ1n) is 6.64. The summed E-state index contributed by atoms with van der Waals surface area (Å²) in [6, 6.07) is 7.35. The summed E-state index contributed by atoms with van der Waals surface area (Å²) in [5.41, 5.74) is 7.32. The van der Waals surface area contributed by atoms with E-state index in [1.165, 1.54) is 0 Å². The molecule has 5 heteroatoms. The monoisotopic (exact) mass is 263 g/mol. The molecule has 104 valence electrons. The molecule has 19 heavy (non-hydrogen) atoms. The van der Waals surface area contributed by atoms with Gasteiger partial charge in [0.2, 0.25) is 0 Å². The van der Waals surface area contributed by atoms with E-state index in [4.69, 9.17) is 10.5 Å². The standard InChI is InChI=1S/C14H21N3O2/c1-10-12(5-6-19-10)9-16-14(18)17-13-4-2-3-11(7-13)8-15/h2-4,7,10,12H,5-6,8-9,15H2,1H3,(H2,16,17,18). The third kappa shape index (κ3) is 3.94. The Labute approximate surface area is 113 Å². The van der Waals surface area contributed by atoms with Gasteiger partial charge in [-0.2, -0.15) is 0 Å². The second kappa shape index (κ2) is 6.54. The van der Waals surface area contributed by atoms with E-state index in [0.29, 0.717) is 19.0 Å². The Kier molecular flexibility index (Phi) is 4.76. The first kappa shape index (κ1) is 13.8. The molecule has 0 radical (unpaired) electrons. The average molecular weight is 263 g/mol. The van der Waals surface area contributed by atoms with Crippen LogP contribution in [-0.4, -0.2) is 25.3 Å². The number of amides is 2. The predicted molar refractivity (Wildman–Crippen MR) is 74.9 cm³/mol. The molecule has 1 aliphatic rings. The van der Waals surface area contributed by atoms with Crippen molar-refractivity contribution in [3.8, 4) is 0 Å². The van der Waals surface area contributed by atoms with E-state index in [-0.39, 0.29) is 12.1 Å². The highest BCUT2D eigenvalue weighted by atomic mass is 16.5. The maximum atomic E-state index is 11.8. The number of ether oxygens (including phenoxy) is 1. The largest absolute Gasteiger partial charge is 0.378 e. The van der Waals surface area contributed by atoms with Crippen molar-refractivity contribution < 1.29 is 9.53 Å². The summed E-state index contributed by atoms with van der Waals surface area (Å²) in [5.74, 6) is 0.404.